The molecule has 1 aliphatic rings. The molecule has 3 aromatic carbocycles. The Morgan fingerprint density at radius 2 is 1.24 bits per heavy atom. The third kappa shape index (κ3) is 5.83. The van der Waals surface area contributed by atoms with Crippen LogP contribution in [0.5, 0.6) is 0 Å². The van der Waals surface area contributed by atoms with Gasteiger partial charge >= 0.3 is 0 Å². The minimum atomic E-state index is -1.95. The van der Waals surface area contributed by atoms with Crippen LogP contribution in [0.3, 0.4) is 0 Å². The maximum Gasteiger partial charge on any atom is 0.162 e. The molecule has 2 nitrogen and oxygen atoms in total. The summed E-state index contributed by atoms with van der Waals surface area (Å²) in [4.78, 5) is 13.3. The van der Waals surface area contributed by atoms with Gasteiger partial charge in [0.25, 0.3) is 0 Å². The van der Waals surface area contributed by atoms with Gasteiger partial charge in [0.1, 0.15) is 23.2 Å². The molecule has 0 aliphatic heterocycles. The first kappa shape index (κ1) is 29.1. The molecule has 0 unspecified atom stereocenters. The number of hydrogen-bond donors (Lipinski definition) is 1. The molecular formula is C33H38ClO2P. The maximum atomic E-state index is 13.3. The van der Waals surface area contributed by atoms with Crippen LogP contribution in [-0.2, 0) is 4.79 Å². The van der Waals surface area contributed by atoms with Gasteiger partial charge in [0.2, 0.25) is 0 Å². The smallest absolute Gasteiger partial charge is 0.162 e. The van der Waals surface area contributed by atoms with Crippen molar-refractivity contribution in [2.75, 3.05) is 6.16 Å². The molecule has 1 saturated carbocycles. The first-order valence-electron chi connectivity index (χ1n) is 12.8. The number of hydrogen-bond acceptors (Lipinski definition) is 2. The van der Waals surface area contributed by atoms with E-state index < -0.39 is 18.8 Å². The Morgan fingerprint density at radius 3 is 1.62 bits per heavy atom. The van der Waals surface area contributed by atoms with Gasteiger partial charge in [-0.2, -0.15) is 0 Å². The highest BCUT2D eigenvalue weighted by atomic mass is 35.5. The molecule has 37 heavy (non-hydrogen) atoms. The van der Waals surface area contributed by atoms with Crippen molar-refractivity contribution in [2.24, 2.45) is 10.8 Å². The molecule has 0 aromatic heterocycles. The first-order chi connectivity index (χ1) is 17.2. The van der Waals surface area contributed by atoms with E-state index in [1.807, 2.05) is 13.0 Å². The summed E-state index contributed by atoms with van der Waals surface area (Å²) < 4.78 is 0. The molecule has 0 bridgehead atoms. The number of ketones is 1. The van der Waals surface area contributed by atoms with Gasteiger partial charge in [-0.1, -0.05) is 87.0 Å². The minimum Gasteiger partial charge on any atom is -1.00 e. The van der Waals surface area contributed by atoms with Gasteiger partial charge in [0, 0.05) is 5.41 Å². The van der Waals surface area contributed by atoms with E-state index in [9.17, 15) is 9.90 Å². The topological polar surface area (TPSA) is 37.3 Å². The second-order valence-corrected chi connectivity index (χ2v) is 14.5. The average molecular weight is 533 g/mol. The van der Waals surface area contributed by atoms with Crippen LogP contribution in [0.15, 0.2) is 115 Å². The summed E-state index contributed by atoms with van der Waals surface area (Å²) in [5, 5.41) is 14.3. The van der Waals surface area contributed by atoms with Crippen molar-refractivity contribution in [3.63, 3.8) is 0 Å². The van der Waals surface area contributed by atoms with Gasteiger partial charge in [-0.15, -0.1) is 0 Å². The molecule has 1 aliphatic carbocycles. The molecule has 2 atom stereocenters. The third-order valence-electron chi connectivity index (χ3n) is 8.20. The fourth-order valence-corrected chi connectivity index (χ4v) is 9.75. The van der Waals surface area contributed by atoms with Crippen LogP contribution in [0.1, 0.15) is 40.5 Å². The highest BCUT2D eigenvalue weighted by Gasteiger charge is 2.52. The van der Waals surface area contributed by atoms with Crippen molar-refractivity contribution < 1.29 is 22.3 Å². The maximum absolute atomic E-state index is 13.3. The summed E-state index contributed by atoms with van der Waals surface area (Å²) in [7, 11) is -1.95. The second-order valence-electron chi connectivity index (χ2n) is 10.9. The van der Waals surface area contributed by atoms with Crippen LogP contribution in [0, 0.1) is 10.8 Å². The van der Waals surface area contributed by atoms with Gasteiger partial charge in [0.05, 0.1) is 12.3 Å². The van der Waals surface area contributed by atoms with Gasteiger partial charge in [-0.3, -0.25) is 4.79 Å². The number of allylic oxidation sites excluding steroid dienone is 4. The molecule has 0 saturated heterocycles. The summed E-state index contributed by atoms with van der Waals surface area (Å²) in [6.07, 6.45) is 7.64. The van der Waals surface area contributed by atoms with E-state index in [0.29, 0.717) is 12.8 Å². The van der Waals surface area contributed by atoms with Crippen molar-refractivity contribution >= 4 is 29.0 Å². The van der Waals surface area contributed by atoms with Crippen LogP contribution in [0.25, 0.3) is 0 Å². The van der Waals surface area contributed by atoms with E-state index in [2.05, 4.69) is 118 Å². The first-order valence-corrected chi connectivity index (χ1v) is 14.8. The van der Waals surface area contributed by atoms with Gasteiger partial charge < -0.3 is 17.5 Å². The third-order valence-corrected chi connectivity index (χ3v) is 12.5. The number of carbonyl (C=O) groups is 1. The lowest BCUT2D eigenvalue weighted by molar-refractivity contribution is -0.127. The van der Waals surface area contributed by atoms with E-state index in [-0.39, 0.29) is 23.6 Å². The molecular weight excluding hydrogens is 495 g/mol. The number of aliphatic hydroxyl groups is 1. The Labute approximate surface area is 229 Å². The molecule has 4 rings (SSSR count). The van der Waals surface area contributed by atoms with Crippen molar-refractivity contribution in [2.45, 2.75) is 46.6 Å². The number of benzene rings is 3. The standard InChI is InChI=1S/C33H38O2P.ClH/c1-26(20-21-31(35)33(4)25-27(34)24-32(33,2)3)22-23-36(28-14-8-5-9-15-28,29-16-10-6-11-17-29)30-18-12-7-13-19-30;/h5-22,27,34H,23-25H2,1-4H3;1H/q+1;/p-1/b21-20+,26-22+;/t27-,33-;/m0./s1. The van der Waals surface area contributed by atoms with E-state index in [0.717, 1.165) is 11.7 Å². The molecule has 3 aromatic rings. The highest BCUT2D eigenvalue weighted by Crippen LogP contribution is 2.56. The zero-order valence-corrected chi connectivity index (χ0v) is 23.9. The fourth-order valence-electron chi connectivity index (χ4n) is 5.62. The predicted molar refractivity (Wildman–Crippen MR) is 155 cm³/mol. The zero-order valence-electron chi connectivity index (χ0n) is 22.3. The molecule has 0 radical (unpaired) electrons. The number of rotatable bonds is 8. The van der Waals surface area contributed by atoms with Gasteiger partial charge in [0.15, 0.2) is 5.78 Å². The van der Waals surface area contributed by atoms with Crippen LogP contribution in [-0.4, -0.2) is 23.2 Å². The molecule has 4 heteroatoms. The van der Waals surface area contributed by atoms with Crippen LogP contribution in [0.2, 0.25) is 0 Å². The van der Waals surface area contributed by atoms with Crippen LogP contribution in [0.4, 0.5) is 0 Å². The molecule has 0 spiro atoms. The Balaban J connectivity index is 0.00000380. The molecule has 0 amide bonds. The largest absolute Gasteiger partial charge is 1.00 e. The lowest BCUT2D eigenvalue weighted by Crippen LogP contribution is -3.00. The van der Waals surface area contributed by atoms with E-state index >= 15 is 0 Å². The van der Waals surface area contributed by atoms with E-state index in [1.165, 1.54) is 15.9 Å². The minimum absolute atomic E-state index is 0. The van der Waals surface area contributed by atoms with Crippen LogP contribution >= 0.6 is 7.26 Å². The normalized spacial score (nSPS) is 21.5. The number of aliphatic hydroxyl groups excluding tert-OH is 1. The second kappa shape index (κ2) is 11.9. The number of halogens is 1. The van der Waals surface area contributed by atoms with E-state index in [1.54, 1.807) is 6.08 Å². The van der Waals surface area contributed by atoms with Crippen molar-refractivity contribution in [3.8, 4) is 0 Å². The highest BCUT2D eigenvalue weighted by molar-refractivity contribution is 7.95. The summed E-state index contributed by atoms with van der Waals surface area (Å²) in [5.74, 6) is 0.104. The molecule has 1 fully saturated rings. The Bertz CT molecular complexity index is 1140. The Kier molecular flexibility index (Phi) is 9.35. The lowest BCUT2D eigenvalue weighted by atomic mass is 9.66. The quantitative estimate of drug-likeness (QED) is 0.275. The van der Waals surface area contributed by atoms with E-state index in [4.69, 9.17) is 0 Å². The number of carbonyl (C=O) groups excluding carboxylic acids is 1. The monoisotopic (exact) mass is 532 g/mol. The van der Waals surface area contributed by atoms with Crippen molar-refractivity contribution in [3.05, 3.63) is 115 Å². The van der Waals surface area contributed by atoms with Crippen molar-refractivity contribution in [1.29, 1.82) is 0 Å². The van der Waals surface area contributed by atoms with Crippen LogP contribution < -0.4 is 28.3 Å². The lowest BCUT2D eigenvalue weighted by Gasteiger charge is -2.35. The molecule has 1 N–H and O–H groups in total. The predicted octanol–water partition coefficient (Wildman–Crippen LogP) is 3.24. The summed E-state index contributed by atoms with van der Waals surface area (Å²) >= 11 is 0. The van der Waals surface area contributed by atoms with Gasteiger partial charge in [-0.05, 0) is 73.7 Å². The van der Waals surface area contributed by atoms with Gasteiger partial charge in [-0.25, -0.2) is 0 Å². The Hall–Kier alpha value is -2.51. The molecule has 0 heterocycles. The summed E-state index contributed by atoms with van der Waals surface area (Å²) in [6.45, 7) is 8.27. The van der Waals surface area contributed by atoms with Crippen molar-refractivity contribution in [1.82, 2.24) is 0 Å². The fraction of sp³-hybridized carbons (Fsp3) is 0.303. The summed E-state index contributed by atoms with van der Waals surface area (Å²) in [5.41, 5.74) is 0.313. The summed E-state index contributed by atoms with van der Waals surface area (Å²) in [6, 6.07) is 32.5. The Morgan fingerprint density at radius 1 is 0.811 bits per heavy atom. The molecule has 194 valence electrons. The SMILES string of the molecule is CC(/C=C/C(=O)[C@]1(C)C[C@@H](O)CC1(C)C)=C\C[P+](c1ccccc1)(c1ccccc1)c1ccccc1.[Cl-]. The zero-order chi connectivity index (χ0) is 25.8. The average Bonchev–Trinajstić information content (AvgIpc) is 3.11.